The summed E-state index contributed by atoms with van der Waals surface area (Å²) in [7, 11) is 1.37. The maximum atomic E-state index is 11.9. The molecule has 730 valence electrons. The molecule has 12 heterocycles. The van der Waals surface area contributed by atoms with Crippen molar-refractivity contribution in [3.63, 3.8) is 0 Å². The third-order valence-electron chi connectivity index (χ3n) is 22.9. The summed E-state index contributed by atoms with van der Waals surface area (Å²) in [6.07, 6.45) is 11.3. The number of nitriles is 1. The lowest BCUT2D eigenvalue weighted by molar-refractivity contribution is 0.0600. The van der Waals surface area contributed by atoms with Crippen molar-refractivity contribution in [3.05, 3.63) is 390 Å². The maximum absolute atomic E-state index is 11.9. The number of benzene rings is 10. The van der Waals surface area contributed by atoms with Gasteiger partial charge in [0.05, 0.1) is 97.0 Å². The average molecular weight is 2060 g/mol. The molecule has 0 aliphatic carbocycles. The number of fused-ring (bicyclic) bond motifs is 6. The summed E-state index contributed by atoms with van der Waals surface area (Å²) in [5.74, 6) is 2.09. The molecule has 0 bridgehead atoms. The van der Waals surface area contributed by atoms with E-state index in [2.05, 4.69) is 81.0 Å². The number of aldehydes is 1. The number of carbonyl (C=O) groups excluding carboxylic acids is 4. The molecule has 2 amide bonds. The van der Waals surface area contributed by atoms with Crippen LogP contribution in [0.5, 0.6) is 34.5 Å². The second-order valence-electron chi connectivity index (χ2n) is 33.4. The topological polar surface area (TPSA) is 336 Å². The molecule has 27 nitrogen and oxygen atoms in total. The Morgan fingerprint density at radius 2 is 0.669 bits per heavy atom. The van der Waals surface area contributed by atoms with Crippen LogP contribution in [0.3, 0.4) is 0 Å². The zero-order chi connectivity index (χ0) is 101. The molecule has 12 aromatic heterocycles. The van der Waals surface area contributed by atoms with Gasteiger partial charge < -0.3 is 49.7 Å². The van der Waals surface area contributed by atoms with Crippen LogP contribution in [-0.4, -0.2) is 106 Å². The van der Waals surface area contributed by atoms with Gasteiger partial charge in [0, 0.05) is 41.4 Å². The molecule has 145 heavy (non-hydrogen) atoms. The highest BCUT2D eigenvalue weighted by Gasteiger charge is 2.26. The lowest BCUT2D eigenvalue weighted by Gasteiger charge is -2.08. The van der Waals surface area contributed by atoms with Crippen LogP contribution in [0, 0.1) is 39.0 Å². The van der Waals surface area contributed by atoms with Gasteiger partial charge in [0.25, 0.3) is 11.8 Å². The number of aliphatic hydroxyl groups is 1. The highest BCUT2D eigenvalue weighted by Crippen LogP contribution is 2.42. The number of ether oxygens (including phenoxy) is 7. The molecule has 0 aliphatic rings. The monoisotopic (exact) mass is 2060 g/mol. The molecule has 34 heteroatoms. The number of imidazole rings is 6. The fraction of sp³-hybridized carbons (Fsp3) is 0.144. The number of amides is 2. The largest absolute Gasteiger partial charge is 0.489 e. The summed E-state index contributed by atoms with van der Waals surface area (Å²) in [6, 6.07) is 90.8. The summed E-state index contributed by atoms with van der Waals surface area (Å²) in [6.45, 7) is 17.6. The zero-order valence-electron chi connectivity index (χ0n) is 79.9. The Hall–Kier alpha value is -16.2. The first-order valence-corrected chi connectivity index (χ1v) is 51.0. The summed E-state index contributed by atoms with van der Waals surface area (Å²) in [4.78, 5) is 76.5. The highest BCUT2D eigenvalue weighted by molar-refractivity contribution is 7.18. The number of rotatable bonds is 27. The van der Waals surface area contributed by atoms with Gasteiger partial charge in [-0.25, -0.2) is 34.7 Å². The third-order valence-corrected chi connectivity index (χ3v) is 29.6. The predicted molar refractivity (Wildman–Crippen MR) is 577 cm³/mol. The number of aryl methyl sites for hydroxylation is 4. The smallest absolute Gasteiger partial charge is 0.351 e. The van der Waals surface area contributed by atoms with E-state index in [4.69, 9.17) is 56.2 Å². The highest BCUT2D eigenvalue weighted by atomic mass is 35.5. The van der Waals surface area contributed by atoms with Crippen molar-refractivity contribution in [1.29, 1.82) is 5.26 Å². The van der Waals surface area contributed by atoms with Crippen LogP contribution in [0.15, 0.2) is 311 Å². The minimum atomic E-state index is -0.520. The minimum absolute atomic E-state index is 0.0228. The van der Waals surface area contributed by atoms with Crippen LogP contribution in [0.4, 0.5) is 0 Å². The molecule has 22 aromatic rings. The van der Waals surface area contributed by atoms with Gasteiger partial charge in [-0.3, -0.25) is 41.8 Å². The molecule has 0 fully saturated rings. The van der Waals surface area contributed by atoms with Gasteiger partial charge in [-0.1, -0.05) is 169 Å². The molecule has 22 rings (SSSR count). The Morgan fingerprint density at radius 3 is 1.04 bits per heavy atom. The number of nitrogens with two attached hydrogens (primary N) is 2. The number of esters is 1. The number of methoxy groups -OCH3 is 1. The number of hydrogen-bond acceptors (Lipinski definition) is 25. The Labute approximate surface area is 862 Å². The van der Waals surface area contributed by atoms with Gasteiger partial charge in [0.2, 0.25) is 0 Å². The molecule has 0 spiro atoms. The standard InChI is InChI=1S/C20H16ClN3O2S.C20H15N3OS.C20H18N2O2S.C20H16N2O2S.C16H16N2O3S.C15H15N3O2S/c1-12-4-2-3-5-13(12)10-26-17-9-18(27-19(17)20(22)25)24-11-23-15-7-6-14(21)8-16(15)24;1-14-6-2-3-7-15(14)12-24-18-10-20(25-19(18)11-21)23-13-22-16-8-4-5-9-17(16)23;2*1-14-6-2-3-7-15(14)12-24-18-10-20(25-19(18)11-23)22-13-21-16-8-4-5-9-17(16)22;1-10(2)21-13-8-14(22-15(13)16(19)20-3)18-9-17-11-6-4-5-7-12(11)18;1-9(2)20-12-7-13(21-14(12)15(16)19)18-8-17-10-5-3-4-6-11(10)18/h2-9,11H,10H2,1H3,(H2,22,25);2-10,13H,12H2,1H3;2-10,13,23H,11-12H2,1H3;2-11,13H,12H2,1H3;4-10H,1-3H3;3-9H,1-2H3,(H2,16,19). The molecule has 0 saturated carbocycles. The van der Waals surface area contributed by atoms with Crippen LogP contribution in [-0.2, 0) is 37.8 Å². The fourth-order valence-corrected chi connectivity index (χ4v) is 21.2. The van der Waals surface area contributed by atoms with E-state index in [9.17, 15) is 29.5 Å². The number of thiophene rings is 6. The van der Waals surface area contributed by atoms with Crippen molar-refractivity contribution in [2.45, 2.75) is 101 Å². The molecule has 0 radical (unpaired) electrons. The summed E-state index contributed by atoms with van der Waals surface area (Å²) >= 11 is 14.3. The van der Waals surface area contributed by atoms with Gasteiger partial charge in [0.1, 0.15) is 149 Å². The van der Waals surface area contributed by atoms with Crippen molar-refractivity contribution >= 4 is 170 Å². The number of aliphatic hydroxyl groups excluding tert-OH is 1. The summed E-state index contributed by atoms with van der Waals surface area (Å²) in [5.41, 5.74) is 31.4. The first-order valence-electron chi connectivity index (χ1n) is 45.7. The number of nitrogens with zero attached hydrogens (tertiary/aromatic N) is 13. The van der Waals surface area contributed by atoms with E-state index in [1.807, 2.05) is 311 Å². The number of carbonyl (C=O) groups is 4. The maximum Gasteiger partial charge on any atom is 0.351 e. The second kappa shape index (κ2) is 46.3. The number of halogens is 1. The summed E-state index contributed by atoms with van der Waals surface area (Å²) < 4.78 is 51.8. The first kappa shape index (κ1) is 100. The van der Waals surface area contributed by atoms with Crippen molar-refractivity contribution < 1.29 is 57.4 Å². The molecule has 0 atom stereocenters. The Bertz CT molecular complexity index is 8430. The normalized spacial score (nSPS) is 11.0. The third kappa shape index (κ3) is 23.4. The molecule has 10 aromatic carbocycles. The van der Waals surface area contributed by atoms with Crippen molar-refractivity contribution in [1.82, 2.24) is 57.3 Å². The van der Waals surface area contributed by atoms with Gasteiger partial charge in [0.15, 0.2) is 16.9 Å². The van der Waals surface area contributed by atoms with E-state index >= 15 is 0 Å². The molecule has 0 aliphatic heterocycles. The van der Waals surface area contributed by atoms with Gasteiger partial charge in [-0.05, 0) is 179 Å². The first-order chi connectivity index (χ1) is 70.5. The molecular formula is C111H96ClN15O12S6. The van der Waals surface area contributed by atoms with Crippen molar-refractivity contribution in [2.24, 2.45) is 11.5 Å². The van der Waals surface area contributed by atoms with E-state index in [0.29, 0.717) is 84.6 Å². The number of para-hydroxylation sites is 10. The van der Waals surface area contributed by atoms with E-state index in [1.165, 1.54) is 91.8 Å². The van der Waals surface area contributed by atoms with E-state index < -0.39 is 17.8 Å². The predicted octanol–water partition coefficient (Wildman–Crippen LogP) is 25.5. The quantitative estimate of drug-likeness (QED) is 0.0318. The zero-order valence-corrected chi connectivity index (χ0v) is 85.6. The van der Waals surface area contributed by atoms with Crippen LogP contribution in [0.2, 0.25) is 5.02 Å². The summed E-state index contributed by atoms with van der Waals surface area (Å²) in [5, 5.41) is 25.1. The fourth-order valence-electron chi connectivity index (χ4n) is 15.5. The van der Waals surface area contributed by atoms with Crippen LogP contribution < -0.4 is 39.9 Å². The van der Waals surface area contributed by atoms with Crippen molar-refractivity contribution in [2.75, 3.05) is 7.11 Å². The van der Waals surface area contributed by atoms with E-state index in [0.717, 1.165) is 141 Å². The lowest BCUT2D eigenvalue weighted by atomic mass is 10.1. The Balaban J connectivity index is 0.000000119. The van der Waals surface area contributed by atoms with Gasteiger partial charge in [-0.2, -0.15) is 5.26 Å². The van der Waals surface area contributed by atoms with Gasteiger partial charge in [-0.15, -0.1) is 68.0 Å². The Kier molecular flexibility index (Phi) is 32.0. The lowest BCUT2D eigenvalue weighted by Crippen LogP contribution is -2.13. The second-order valence-corrected chi connectivity index (χ2v) is 40.1. The molecule has 0 unspecified atom stereocenters. The van der Waals surface area contributed by atoms with Crippen LogP contribution >= 0.6 is 79.6 Å². The molecule has 0 saturated heterocycles. The molecular weight excluding hydrogens is 1960 g/mol. The number of primary amides is 2. The minimum Gasteiger partial charge on any atom is -0.489 e. The van der Waals surface area contributed by atoms with E-state index in [-0.39, 0.29) is 18.8 Å². The average Bonchev–Trinajstić information content (AvgIpc) is 1.65. The van der Waals surface area contributed by atoms with Crippen LogP contribution in [0.1, 0.15) is 121 Å². The number of aromatic nitrogens is 12. The SMILES string of the molecule is CC(C)Oc1cc(-n2cnc3ccccc32)sc1C(N)=O.COC(=O)c1sc(-n2cnc3ccccc32)cc1OC(C)C.Cc1ccccc1COc1cc(-n2cnc3ccc(Cl)cc32)sc1C(N)=O.Cc1ccccc1COc1cc(-n2cnc3ccccc32)sc1C#N.Cc1ccccc1COc1cc(-n2cnc3ccccc32)sc1C=O.Cc1ccccc1COc1cc(-n2cnc3ccccc32)sc1CO. The van der Waals surface area contributed by atoms with Crippen molar-refractivity contribution in [3.8, 4) is 70.6 Å². The Morgan fingerprint density at radius 1 is 0.372 bits per heavy atom. The van der Waals surface area contributed by atoms with E-state index in [1.54, 1.807) is 37.7 Å². The molecule has 5 N–H and O–H groups in total. The van der Waals surface area contributed by atoms with Gasteiger partial charge >= 0.3 is 5.97 Å². The van der Waals surface area contributed by atoms with Crippen LogP contribution in [0.25, 0.3) is 96.2 Å². The number of hydrogen-bond donors (Lipinski definition) is 3.